The minimum absolute atomic E-state index is 0.0379. The summed E-state index contributed by atoms with van der Waals surface area (Å²) in [6.07, 6.45) is -7.43. The molecule has 0 spiro atoms. The van der Waals surface area contributed by atoms with Crippen LogP contribution in [0.5, 0.6) is 5.75 Å². The van der Waals surface area contributed by atoms with Gasteiger partial charge >= 0.3 is 0 Å². The Balaban J connectivity index is 1.39. The van der Waals surface area contributed by atoms with E-state index in [9.17, 15) is 69.6 Å². The van der Waals surface area contributed by atoms with E-state index in [0.29, 0.717) is 37.6 Å². The molecule has 19 N–H and O–H groups in total. The molecular formula is C58H79IN10O17S3. The fourth-order valence-electron chi connectivity index (χ4n) is 9.62. The van der Waals surface area contributed by atoms with Crippen LogP contribution >= 0.6 is 55.9 Å². The number of amides is 8. The van der Waals surface area contributed by atoms with E-state index in [-0.39, 0.29) is 68.1 Å². The van der Waals surface area contributed by atoms with Crippen molar-refractivity contribution in [3.05, 3.63) is 99.3 Å². The first-order chi connectivity index (χ1) is 42.5. The number of aliphatic hydroxyl groups excluding tert-OH is 7. The highest BCUT2D eigenvalue weighted by molar-refractivity contribution is 14.1. The van der Waals surface area contributed by atoms with Crippen molar-refractivity contribution in [2.75, 3.05) is 37.0 Å². The molecule has 0 bridgehead atoms. The Morgan fingerprint density at radius 2 is 1.43 bits per heavy atom. The van der Waals surface area contributed by atoms with Gasteiger partial charge in [0.15, 0.2) is 0 Å². The fraction of sp³-hybridized carbons (Fsp3) is 0.517. The molecule has 89 heavy (non-hydrogen) atoms. The molecule has 2 aliphatic heterocycles. The molecule has 27 nitrogen and oxygen atoms in total. The zero-order valence-corrected chi connectivity index (χ0v) is 53.4. The average Bonchev–Trinajstić information content (AvgIpc) is 2.18. The van der Waals surface area contributed by atoms with Crippen molar-refractivity contribution in [3.8, 4) is 5.75 Å². The molecule has 1 aromatic heterocycles. The van der Waals surface area contributed by atoms with Gasteiger partial charge in [0.05, 0.1) is 35.0 Å². The second-order valence-corrected chi connectivity index (χ2v) is 26.5. The van der Waals surface area contributed by atoms with Crippen LogP contribution in [-0.4, -0.2) is 221 Å². The molecule has 4 aromatic rings. The number of carbonyl (C=O) groups is 8. The van der Waals surface area contributed by atoms with E-state index >= 15 is 9.59 Å². The maximum absolute atomic E-state index is 15.1. The highest BCUT2D eigenvalue weighted by Gasteiger charge is 2.44. The minimum atomic E-state index is -1.75. The van der Waals surface area contributed by atoms with Gasteiger partial charge < -0.3 is 98.8 Å². The maximum atomic E-state index is 15.1. The number of hydrogen-bond acceptors (Lipinski definition) is 21. The van der Waals surface area contributed by atoms with E-state index < -0.39 is 151 Å². The predicted octanol–water partition coefficient (Wildman–Crippen LogP) is -2.41. The monoisotopic (exact) mass is 1410 g/mol. The number of aliphatic hydroxyl groups is 7. The third kappa shape index (κ3) is 21.4. The first kappa shape index (κ1) is 72.2. The minimum Gasteiger partial charge on any atom is -0.507 e. The summed E-state index contributed by atoms with van der Waals surface area (Å²) >= 11 is 2.81. The summed E-state index contributed by atoms with van der Waals surface area (Å²) < 4.78 is 5.96. The molecule has 8 amide bonds. The molecule has 0 aliphatic carbocycles. The van der Waals surface area contributed by atoms with Crippen molar-refractivity contribution in [2.24, 2.45) is 5.73 Å². The van der Waals surface area contributed by atoms with Gasteiger partial charge in [0, 0.05) is 60.0 Å². The van der Waals surface area contributed by atoms with E-state index in [1.54, 1.807) is 66.9 Å². The largest absolute Gasteiger partial charge is 0.507 e. The molecule has 0 saturated carbocycles. The van der Waals surface area contributed by atoms with Gasteiger partial charge in [-0.15, -0.1) is 11.8 Å². The van der Waals surface area contributed by atoms with Crippen LogP contribution in [0.3, 0.4) is 0 Å². The van der Waals surface area contributed by atoms with E-state index in [2.05, 4.69) is 47.5 Å². The van der Waals surface area contributed by atoms with Crippen molar-refractivity contribution >= 4 is 114 Å². The molecule has 0 radical (unpaired) electrons. The van der Waals surface area contributed by atoms with Crippen LogP contribution in [0.25, 0.3) is 10.9 Å². The van der Waals surface area contributed by atoms with Crippen molar-refractivity contribution in [2.45, 2.75) is 149 Å². The summed E-state index contributed by atoms with van der Waals surface area (Å²) in [6.45, 7) is 1.36. The number of phenols is 1. The number of fused-ring (bicyclic) bond motifs is 1. The first-order valence-corrected chi connectivity index (χ1v) is 33.5. The maximum Gasteiger partial charge on any atom is 0.245 e. The van der Waals surface area contributed by atoms with Gasteiger partial charge in [-0.1, -0.05) is 76.2 Å². The van der Waals surface area contributed by atoms with Gasteiger partial charge in [0.1, 0.15) is 77.9 Å². The fourth-order valence-corrected chi connectivity index (χ4v) is 13.6. The summed E-state index contributed by atoms with van der Waals surface area (Å²) in [5, 5.41) is 105. The van der Waals surface area contributed by atoms with E-state index in [1.165, 1.54) is 26.0 Å². The smallest absolute Gasteiger partial charge is 0.245 e. The second-order valence-electron chi connectivity index (χ2n) is 21.6. The molecule has 31 heteroatoms. The van der Waals surface area contributed by atoms with Crippen molar-refractivity contribution < 1.29 is 83.9 Å². The predicted molar refractivity (Wildman–Crippen MR) is 341 cm³/mol. The van der Waals surface area contributed by atoms with Crippen LogP contribution in [0.2, 0.25) is 0 Å². The topological polar surface area (TPSA) is 446 Å². The van der Waals surface area contributed by atoms with Crippen molar-refractivity contribution in [1.82, 2.24) is 47.5 Å². The summed E-state index contributed by atoms with van der Waals surface area (Å²) in [5.74, 6) is -7.93. The number of nitrogens with one attached hydrogen (secondary N) is 9. The lowest BCUT2D eigenvalue weighted by Gasteiger charge is -2.39. The summed E-state index contributed by atoms with van der Waals surface area (Å²) in [5.41, 5.74) is 6.97. The Hall–Kier alpha value is -5.82. The lowest BCUT2D eigenvalue weighted by molar-refractivity contribution is -0.205. The van der Waals surface area contributed by atoms with Gasteiger partial charge in [-0.25, -0.2) is 0 Å². The molecule has 2 fully saturated rings. The Morgan fingerprint density at radius 3 is 2.10 bits per heavy atom. The second kappa shape index (κ2) is 35.7. The molecule has 3 aromatic carbocycles. The Labute approximate surface area is 539 Å². The SMILES string of the molecule is CC(O)[C@@H]1NC(=O)[C@H](CCCCN)NC(=O)[C@@H](Cc2c[nH]c3ccccc23)NC(=O)[C@H](Cc2ccc(O)c([123I])c2)NC(=O)C(NC(=O)C(Cc2ccccc2)NC(=O)CCS[C@@H]2OC(CO)[C@@H](O)[C@H](O)C2O)CSSC[C@@H](C(=O)N[C@H](CO)C(C)O)NC1=O. The van der Waals surface area contributed by atoms with E-state index in [0.717, 1.165) is 33.3 Å². The summed E-state index contributed by atoms with van der Waals surface area (Å²) in [7, 11) is 1.84. The highest BCUT2D eigenvalue weighted by Crippen LogP contribution is 2.30. The van der Waals surface area contributed by atoms with Crippen molar-refractivity contribution in [3.63, 3.8) is 0 Å². The molecule has 2 saturated heterocycles. The van der Waals surface area contributed by atoms with Gasteiger partial charge in [-0.3, -0.25) is 38.4 Å². The number of rotatable bonds is 23. The molecule has 6 rings (SSSR count). The number of aromatic amines is 1. The molecule has 6 unspecified atom stereocenters. The number of hydrogen-bond donors (Lipinski definition) is 18. The Kier molecular flexibility index (Phi) is 29.0. The third-order valence-corrected chi connectivity index (χ3v) is 19.2. The molecule has 488 valence electrons. The van der Waals surface area contributed by atoms with Crippen LogP contribution in [0.4, 0.5) is 0 Å². The Bertz CT molecular complexity index is 3030. The number of carbonyl (C=O) groups excluding carboxylic acids is 8. The zero-order chi connectivity index (χ0) is 64.9. The van der Waals surface area contributed by atoms with Crippen LogP contribution in [0.15, 0.2) is 79.0 Å². The lowest BCUT2D eigenvalue weighted by Crippen LogP contribution is -2.62. The van der Waals surface area contributed by atoms with Gasteiger partial charge in [-0.2, -0.15) is 0 Å². The number of para-hydroxylation sites is 1. The average molecular weight is 1410 g/mol. The van der Waals surface area contributed by atoms with Crippen LogP contribution in [0.1, 0.15) is 56.2 Å². The number of H-pyrrole nitrogens is 1. The lowest BCUT2D eigenvalue weighted by atomic mass is 10.0. The zero-order valence-electron chi connectivity index (χ0n) is 48.8. The molecule has 2 aliphatic rings. The number of nitrogens with two attached hydrogens (primary N) is 1. The Morgan fingerprint density at radius 1 is 0.764 bits per heavy atom. The third-order valence-electron chi connectivity index (χ3n) is 14.8. The number of halogens is 1. The van der Waals surface area contributed by atoms with Crippen LogP contribution < -0.4 is 48.3 Å². The van der Waals surface area contributed by atoms with Gasteiger partial charge in [-0.05, 0) is 97.1 Å². The number of ether oxygens (including phenoxy) is 1. The molecular weight excluding hydrogens is 1330 g/mol. The standard InChI is InChI=1S/C58H79IN10O17S3/c1-29(72)41(25-70)66-56(84)43-28-89-88-27-42(67-52(80)38(21-31-10-4-3-5-11-31)62-46(75)17-19-87-58-50(78)49(77)48(76)45(26-71)86-58)55(83)64-39(22-32-15-16-44(74)35(59)20-32)53(81)65-40(23-33-24-61-36-13-7-6-12-34(33)36)54(82)63-37(14-8-9-18-60)51(79)69-47(30(2)73)57(85)68-43/h3-7,10-13,15-16,20,24,29-30,37-43,45,47-50,58,61,70-74,76-78H,8-9,14,17-19,21-23,25-28,60H2,1-2H3,(H,62,75)(H,63,82)(H,64,83)(H,65,81)(H,66,84)(H,67,80)(H,68,85)(H,69,79)/t29?,30?,37-,38?,39-,40+,41+,42?,43-,45?,47-,48+,49-,50?,58-/m0/s1/i59-4. The van der Waals surface area contributed by atoms with Crippen LogP contribution in [-0.2, 0) is 62.4 Å². The number of aromatic nitrogens is 1. The molecule has 3 heterocycles. The summed E-state index contributed by atoms with van der Waals surface area (Å²) in [6, 6.07) is 8.33. The number of benzene rings is 3. The first-order valence-electron chi connectivity index (χ1n) is 28.8. The van der Waals surface area contributed by atoms with E-state index in [1.807, 2.05) is 22.6 Å². The number of thioether (sulfide) groups is 1. The number of aromatic hydroxyl groups is 1. The molecule has 15 atom stereocenters. The van der Waals surface area contributed by atoms with E-state index in [4.69, 9.17) is 10.5 Å². The van der Waals surface area contributed by atoms with Crippen LogP contribution in [0, 0.1) is 3.57 Å². The number of unbranched alkanes of at least 4 members (excludes halogenated alkanes) is 1. The highest BCUT2D eigenvalue weighted by atomic mass is 123. The van der Waals surface area contributed by atoms with Gasteiger partial charge in [0.25, 0.3) is 0 Å². The normalized spacial score (nSPS) is 25.8. The number of phenolic OH excluding ortho intramolecular Hbond substituents is 1. The van der Waals surface area contributed by atoms with Crippen molar-refractivity contribution in [1.29, 1.82) is 0 Å². The quantitative estimate of drug-likeness (QED) is 0.0209. The van der Waals surface area contributed by atoms with Gasteiger partial charge in [0.2, 0.25) is 47.3 Å². The summed E-state index contributed by atoms with van der Waals surface area (Å²) in [4.78, 5) is 119.